The van der Waals surface area contributed by atoms with Gasteiger partial charge in [0.25, 0.3) is 0 Å². The third-order valence-electron chi connectivity index (χ3n) is 3.83. The van der Waals surface area contributed by atoms with Gasteiger partial charge in [-0.3, -0.25) is 10.1 Å². The minimum Gasteiger partial charge on any atom is -0.457 e. The summed E-state index contributed by atoms with van der Waals surface area (Å²) in [6.45, 7) is 1.95. The number of carbonyl (C=O) groups excluding carboxylic acids is 1. The van der Waals surface area contributed by atoms with E-state index in [1.807, 2.05) is 43.3 Å². The standard InChI is InChI=1S/C21H16BrClN2O2S/c1-13-12-15(22)4-9-18(13)24-21(28)25-20(26)11-8-17-7-10-19(27-17)14-2-5-16(23)6-3-14/h2-12H,1H3,(H2,24,25,26,28). The molecule has 7 heteroatoms. The summed E-state index contributed by atoms with van der Waals surface area (Å²) < 4.78 is 6.70. The van der Waals surface area contributed by atoms with E-state index in [-0.39, 0.29) is 11.0 Å². The lowest BCUT2D eigenvalue weighted by atomic mass is 10.2. The topological polar surface area (TPSA) is 54.3 Å². The second-order valence-corrected chi connectivity index (χ2v) is 7.71. The first kappa shape index (κ1) is 20.3. The molecule has 0 bridgehead atoms. The summed E-state index contributed by atoms with van der Waals surface area (Å²) in [4.78, 5) is 12.1. The van der Waals surface area contributed by atoms with Gasteiger partial charge < -0.3 is 9.73 Å². The fourth-order valence-corrected chi connectivity index (χ4v) is 3.26. The average Bonchev–Trinajstić information content (AvgIpc) is 3.12. The number of halogens is 2. The molecule has 0 saturated heterocycles. The minimum absolute atomic E-state index is 0.223. The third-order valence-corrected chi connectivity index (χ3v) is 4.78. The van der Waals surface area contributed by atoms with Crippen molar-refractivity contribution >= 4 is 62.5 Å². The molecule has 1 aromatic heterocycles. The van der Waals surface area contributed by atoms with Crippen LogP contribution in [0.5, 0.6) is 0 Å². The Bertz CT molecular complexity index is 1040. The number of aryl methyl sites for hydroxylation is 1. The van der Waals surface area contributed by atoms with Crippen molar-refractivity contribution in [1.29, 1.82) is 0 Å². The van der Waals surface area contributed by atoms with Crippen LogP contribution in [-0.4, -0.2) is 11.0 Å². The summed E-state index contributed by atoms with van der Waals surface area (Å²) in [6.07, 6.45) is 2.95. The number of hydrogen-bond acceptors (Lipinski definition) is 3. The molecular weight excluding hydrogens is 460 g/mol. The fraction of sp³-hybridized carbons (Fsp3) is 0.0476. The van der Waals surface area contributed by atoms with Crippen molar-refractivity contribution in [3.05, 3.63) is 81.5 Å². The summed E-state index contributed by atoms with van der Waals surface area (Å²) in [5.41, 5.74) is 2.74. The molecule has 4 nitrogen and oxygen atoms in total. The van der Waals surface area contributed by atoms with Crippen molar-refractivity contribution in [2.75, 3.05) is 5.32 Å². The first-order valence-electron chi connectivity index (χ1n) is 8.33. The third kappa shape index (κ3) is 5.55. The van der Waals surface area contributed by atoms with Gasteiger partial charge in [0.2, 0.25) is 5.91 Å². The molecule has 28 heavy (non-hydrogen) atoms. The summed E-state index contributed by atoms with van der Waals surface area (Å²) in [7, 11) is 0. The van der Waals surface area contributed by atoms with Gasteiger partial charge in [-0.1, -0.05) is 27.5 Å². The molecule has 0 aliphatic carbocycles. The van der Waals surface area contributed by atoms with Gasteiger partial charge >= 0.3 is 0 Å². The van der Waals surface area contributed by atoms with E-state index in [1.165, 1.54) is 6.08 Å². The van der Waals surface area contributed by atoms with Crippen LogP contribution in [0, 0.1) is 6.92 Å². The molecule has 0 fully saturated rings. The second-order valence-electron chi connectivity index (χ2n) is 5.94. The molecule has 0 aliphatic rings. The first-order chi connectivity index (χ1) is 13.4. The number of benzene rings is 2. The Morgan fingerprint density at radius 2 is 1.89 bits per heavy atom. The lowest BCUT2D eigenvalue weighted by molar-refractivity contribution is -0.115. The molecule has 0 saturated carbocycles. The van der Waals surface area contributed by atoms with E-state index in [1.54, 1.807) is 24.3 Å². The number of thiocarbonyl (C=S) groups is 1. The van der Waals surface area contributed by atoms with Gasteiger partial charge in [0.15, 0.2) is 5.11 Å². The lowest BCUT2D eigenvalue weighted by Gasteiger charge is -2.10. The van der Waals surface area contributed by atoms with E-state index in [2.05, 4.69) is 26.6 Å². The molecule has 3 rings (SSSR count). The Kier molecular flexibility index (Phi) is 6.67. The number of furan rings is 1. The number of amides is 1. The predicted octanol–water partition coefficient (Wildman–Crippen LogP) is 6.20. The molecule has 0 radical (unpaired) electrons. The Morgan fingerprint density at radius 3 is 2.61 bits per heavy atom. The summed E-state index contributed by atoms with van der Waals surface area (Å²) in [5.74, 6) is 0.902. The van der Waals surface area contributed by atoms with E-state index in [9.17, 15) is 4.79 Å². The Hall–Kier alpha value is -2.41. The number of carbonyl (C=O) groups is 1. The zero-order valence-corrected chi connectivity index (χ0v) is 18.0. The average molecular weight is 476 g/mol. The Morgan fingerprint density at radius 1 is 1.14 bits per heavy atom. The monoisotopic (exact) mass is 474 g/mol. The molecule has 0 spiro atoms. The highest BCUT2D eigenvalue weighted by Gasteiger charge is 2.06. The van der Waals surface area contributed by atoms with E-state index >= 15 is 0 Å². The maximum absolute atomic E-state index is 12.1. The van der Waals surface area contributed by atoms with Crippen molar-refractivity contribution < 1.29 is 9.21 Å². The van der Waals surface area contributed by atoms with Crippen molar-refractivity contribution in [2.45, 2.75) is 6.92 Å². The Labute approximate surface area is 181 Å². The maximum atomic E-state index is 12.1. The number of hydrogen-bond donors (Lipinski definition) is 2. The van der Waals surface area contributed by atoms with Crippen LogP contribution in [0.3, 0.4) is 0 Å². The molecule has 0 atom stereocenters. The van der Waals surface area contributed by atoms with Crippen LogP contribution >= 0.6 is 39.7 Å². The zero-order chi connectivity index (χ0) is 20.1. The van der Waals surface area contributed by atoms with E-state index in [0.717, 1.165) is 21.3 Å². The molecule has 0 unspecified atom stereocenters. The van der Waals surface area contributed by atoms with Gasteiger partial charge in [-0.25, -0.2) is 0 Å². The number of rotatable bonds is 4. The van der Waals surface area contributed by atoms with Gasteiger partial charge in [-0.2, -0.15) is 0 Å². The summed E-state index contributed by atoms with van der Waals surface area (Å²) in [5, 5.41) is 6.50. The SMILES string of the molecule is Cc1cc(Br)ccc1NC(=S)NC(=O)C=Cc1ccc(-c2ccc(Cl)cc2)o1. The first-order valence-corrected chi connectivity index (χ1v) is 9.90. The van der Waals surface area contributed by atoms with Gasteiger partial charge in [0, 0.05) is 26.8 Å². The van der Waals surface area contributed by atoms with E-state index in [0.29, 0.717) is 16.5 Å². The molecule has 0 aliphatic heterocycles. The number of anilines is 1. The molecule has 1 amide bonds. The van der Waals surface area contributed by atoms with Gasteiger partial charge in [-0.15, -0.1) is 0 Å². The van der Waals surface area contributed by atoms with Crippen molar-refractivity contribution in [3.63, 3.8) is 0 Å². The van der Waals surface area contributed by atoms with Crippen LogP contribution in [0.4, 0.5) is 5.69 Å². The van der Waals surface area contributed by atoms with Crippen LogP contribution < -0.4 is 10.6 Å². The van der Waals surface area contributed by atoms with Gasteiger partial charge in [0.1, 0.15) is 11.5 Å². The van der Waals surface area contributed by atoms with Crippen LogP contribution in [0.1, 0.15) is 11.3 Å². The molecule has 142 valence electrons. The lowest BCUT2D eigenvalue weighted by Crippen LogP contribution is -2.33. The maximum Gasteiger partial charge on any atom is 0.250 e. The van der Waals surface area contributed by atoms with Gasteiger partial charge in [0.05, 0.1) is 0 Å². The summed E-state index contributed by atoms with van der Waals surface area (Å²) >= 11 is 14.5. The highest BCUT2D eigenvalue weighted by atomic mass is 79.9. The van der Waals surface area contributed by atoms with Crippen LogP contribution in [-0.2, 0) is 4.79 Å². The normalized spacial score (nSPS) is 10.8. The van der Waals surface area contributed by atoms with E-state index in [4.69, 9.17) is 28.2 Å². The predicted molar refractivity (Wildman–Crippen MR) is 121 cm³/mol. The Balaban J connectivity index is 1.57. The molecule has 2 aromatic carbocycles. The molecular formula is C21H16BrClN2O2S. The van der Waals surface area contributed by atoms with Crippen LogP contribution in [0.25, 0.3) is 17.4 Å². The van der Waals surface area contributed by atoms with Crippen molar-refractivity contribution in [3.8, 4) is 11.3 Å². The number of nitrogens with one attached hydrogen (secondary N) is 2. The minimum atomic E-state index is -0.350. The highest BCUT2D eigenvalue weighted by Crippen LogP contribution is 2.24. The largest absolute Gasteiger partial charge is 0.457 e. The van der Waals surface area contributed by atoms with E-state index < -0.39 is 0 Å². The highest BCUT2D eigenvalue weighted by molar-refractivity contribution is 9.10. The van der Waals surface area contributed by atoms with Crippen molar-refractivity contribution in [2.24, 2.45) is 0 Å². The fourth-order valence-electron chi connectivity index (χ4n) is 2.44. The smallest absolute Gasteiger partial charge is 0.250 e. The molecule has 3 aromatic rings. The quantitative estimate of drug-likeness (QED) is 0.348. The summed E-state index contributed by atoms with van der Waals surface area (Å²) in [6, 6.07) is 16.7. The van der Waals surface area contributed by atoms with Crippen LogP contribution in [0.15, 0.2) is 69.6 Å². The molecule has 1 heterocycles. The zero-order valence-electron chi connectivity index (χ0n) is 14.8. The second kappa shape index (κ2) is 9.19. The van der Waals surface area contributed by atoms with Crippen LogP contribution in [0.2, 0.25) is 5.02 Å². The van der Waals surface area contributed by atoms with Crippen molar-refractivity contribution in [1.82, 2.24) is 5.32 Å². The van der Waals surface area contributed by atoms with Gasteiger partial charge in [-0.05, 0) is 85.4 Å². The molecule has 2 N–H and O–H groups in total.